The van der Waals surface area contributed by atoms with Crippen molar-refractivity contribution < 1.29 is 14.7 Å². The minimum Gasteiger partial charge on any atom is -0.389 e. The zero-order valence-electron chi connectivity index (χ0n) is 16.8. The van der Waals surface area contributed by atoms with Gasteiger partial charge in [-0.2, -0.15) is 5.10 Å². The number of aliphatic hydroxyl groups excluding tert-OH is 1. The van der Waals surface area contributed by atoms with Crippen molar-refractivity contribution >= 4 is 11.8 Å². The van der Waals surface area contributed by atoms with E-state index < -0.39 is 6.10 Å². The second-order valence-electron chi connectivity index (χ2n) is 8.17. The molecule has 2 aliphatic rings. The number of carbonyl (C=O) groups excluding carboxylic acids is 2. The smallest absolute Gasteiger partial charge is 0.274 e. The van der Waals surface area contributed by atoms with Crippen LogP contribution in [0.2, 0.25) is 0 Å². The quantitative estimate of drug-likeness (QED) is 0.830. The number of nitrogens with zero attached hydrogens (tertiary/aromatic N) is 3. The molecule has 1 aliphatic heterocycles. The third kappa shape index (κ3) is 4.34. The van der Waals surface area contributed by atoms with E-state index in [1.54, 1.807) is 6.07 Å². The Morgan fingerprint density at radius 3 is 2.83 bits per heavy atom. The van der Waals surface area contributed by atoms with Crippen LogP contribution >= 0.6 is 0 Å². The van der Waals surface area contributed by atoms with Gasteiger partial charge in [0.05, 0.1) is 12.6 Å². The highest BCUT2D eigenvalue weighted by Crippen LogP contribution is 2.26. The fraction of sp³-hybridized carbons (Fsp3) is 0.500. The lowest BCUT2D eigenvalue weighted by Crippen LogP contribution is -2.41. The molecule has 1 aromatic carbocycles. The summed E-state index contributed by atoms with van der Waals surface area (Å²) in [5.41, 5.74) is 2.85. The summed E-state index contributed by atoms with van der Waals surface area (Å²) in [6, 6.07) is 9.95. The molecule has 2 heterocycles. The first kappa shape index (κ1) is 19.6. The van der Waals surface area contributed by atoms with E-state index in [0.29, 0.717) is 12.2 Å². The van der Waals surface area contributed by atoms with E-state index >= 15 is 0 Å². The minimum absolute atomic E-state index is 0.152. The van der Waals surface area contributed by atoms with Gasteiger partial charge in [-0.25, -0.2) is 0 Å². The fourth-order valence-corrected chi connectivity index (χ4v) is 4.32. The Bertz CT molecular complexity index is 901. The van der Waals surface area contributed by atoms with Gasteiger partial charge in [0.15, 0.2) is 5.69 Å². The van der Waals surface area contributed by atoms with Crippen LogP contribution in [0.25, 0.3) is 0 Å². The highest BCUT2D eigenvalue weighted by molar-refractivity contribution is 5.98. The van der Waals surface area contributed by atoms with Crippen LogP contribution in [0.5, 0.6) is 0 Å². The largest absolute Gasteiger partial charge is 0.389 e. The Kier molecular flexibility index (Phi) is 5.67. The standard InChI is InChI=1S/C22H28N4O3/c1-15-6-5-7-16(10-15)13-25(17-8-3-2-4-9-17)22(29)19-11-20-21(28)23-12-18(27)14-26(20)24-19/h5-7,10-11,17-18,27H,2-4,8-9,12-14H2,1H3,(H,23,28)/t18-/m0/s1. The van der Waals surface area contributed by atoms with Crippen molar-refractivity contribution in [2.75, 3.05) is 6.54 Å². The maximum absolute atomic E-state index is 13.5. The zero-order valence-corrected chi connectivity index (χ0v) is 16.8. The van der Waals surface area contributed by atoms with Gasteiger partial charge >= 0.3 is 0 Å². The molecular weight excluding hydrogens is 368 g/mol. The van der Waals surface area contributed by atoms with Crippen LogP contribution in [-0.4, -0.2) is 50.3 Å². The first-order valence-electron chi connectivity index (χ1n) is 10.4. The Hall–Kier alpha value is -2.67. The van der Waals surface area contributed by atoms with Gasteiger partial charge in [0.25, 0.3) is 11.8 Å². The molecule has 0 bridgehead atoms. The number of aromatic nitrogens is 2. The predicted molar refractivity (Wildman–Crippen MR) is 108 cm³/mol. The van der Waals surface area contributed by atoms with Gasteiger partial charge in [-0.15, -0.1) is 0 Å². The molecule has 0 saturated heterocycles. The molecule has 2 aromatic rings. The van der Waals surface area contributed by atoms with E-state index in [4.69, 9.17) is 0 Å². The van der Waals surface area contributed by atoms with E-state index in [-0.39, 0.29) is 36.6 Å². The second kappa shape index (κ2) is 8.37. The summed E-state index contributed by atoms with van der Waals surface area (Å²) in [6.07, 6.45) is 4.71. The van der Waals surface area contributed by atoms with Crippen molar-refractivity contribution in [3.63, 3.8) is 0 Å². The van der Waals surface area contributed by atoms with Crippen molar-refractivity contribution in [1.29, 1.82) is 0 Å². The lowest BCUT2D eigenvalue weighted by Gasteiger charge is -2.34. The first-order chi connectivity index (χ1) is 14.0. The van der Waals surface area contributed by atoms with Gasteiger partial charge in [0, 0.05) is 25.2 Å². The molecule has 7 heteroatoms. The van der Waals surface area contributed by atoms with Crippen LogP contribution < -0.4 is 5.32 Å². The molecule has 1 aliphatic carbocycles. The van der Waals surface area contributed by atoms with E-state index in [9.17, 15) is 14.7 Å². The SMILES string of the molecule is Cc1cccc(CN(C(=O)c2cc3n(n2)C[C@@H](O)CNC3=O)C2CCCCC2)c1. The average molecular weight is 396 g/mol. The number of fused-ring (bicyclic) bond motifs is 1. The van der Waals surface area contributed by atoms with Gasteiger partial charge in [-0.3, -0.25) is 14.3 Å². The summed E-state index contributed by atoms with van der Waals surface area (Å²) in [4.78, 5) is 27.7. The topological polar surface area (TPSA) is 87.5 Å². The molecule has 1 aromatic heterocycles. The lowest BCUT2D eigenvalue weighted by atomic mass is 9.93. The molecule has 1 fully saturated rings. The highest BCUT2D eigenvalue weighted by Gasteiger charge is 2.30. The van der Waals surface area contributed by atoms with Crippen molar-refractivity contribution in [3.05, 3.63) is 52.8 Å². The maximum Gasteiger partial charge on any atom is 0.274 e. The van der Waals surface area contributed by atoms with Gasteiger partial charge in [0.1, 0.15) is 5.69 Å². The summed E-state index contributed by atoms with van der Waals surface area (Å²) in [5.74, 6) is -0.461. The molecule has 0 radical (unpaired) electrons. The van der Waals surface area contributed by atoms with Crippen LogP contribution in [0, 0.1) is 6.92 Å². The monoisotopic (exact) mass is 396 g/mol. The summed E-state index contributed by atoms with van der Waals surface area (Å²) >= 11 is 0. The number of hydrogen-bond donors (Lipinski definition) is 2. The zero-order chi connectivity index (χ0) is 20.4. The molecule has 0 spiro atoms. The van der Waals surface area contributed by atoms with E-state index in [2.05, 4.69) is 16.5 Å². The Balaban J connectivity index is 1.63. The molecule has 7 nitrogen and oxygen atoms in total. The van der Waals surface area contributed by atoms with Crippen molar-refractivity contribution in [2.45, 2.75) is 64.3 Å². The Labute approximate surface area is 170 Å². The molecular formula is C22H28N4O3. The predicted octanol–water partition coefficient (Wildman–Crippen LogP) is 2.27. The molecule has 4 rings (SSSR count). The number of nitrogens with one attached hydrogen (secondary N) is 1. The molecule has 0 unspecified atom stereocenters. The normalized spacial score (nSPS) is 19.9. The van der Waals surface area contributed by atoms with Gasteiger partial charge in [-0.05, 0) is 25.3 Å². The van der Waals surface area contributed by atoms with Crippen molar-refractivity contribution in [1.82, 2.24) is 20.0 Å². The van der Waals surface area contributed by atoms with E-state index in [0.717, 1.165) is 36.8 Å². The number of hydrogen-bond acceptors (Lipinski definition) is 4. The van der Waals surface area contributed by atoms with Crippen molar-refractivity contribution in [3.8, 4) is 0 Å². The van der Waals surface area contributed by atoms with Crippen LogP contribution in [0.15, 0.2) is 30.3 Å². The number of β-amino-alcohol motifs (C(OH)–C–C–N with tert-alkyl or cyclic N) is 1. The van der Waals surface area contributed by atoms with Crippen LogP contribution in [0.4, 0.5) is 0 Å². The van der Waals surface area contributed by atoms with Gasteiger partial charge < -0.3 is 15.3 Å². The third-order valence-electron chi connectivity index (χ3n) is 5.83. The maximum atomic E-state index is 13.5. The molecule has 2 N–H and O–H groups in total. The summed E-state index contributed by atoms with van der Waals surface area (Å²) in [5, 5.41) is 17.0. The number of carbonyl (C=O) groups is 2. The summed E-state index contributed by atoms with van der Waals surface area (Å²) < 4.78 is 1.45. The van der Waals surface area contributed by atoms with Crippen LogP contribution in [0.1, 0.15) is 64.2 Å². The molecule has 29 heavy (non-hydrogen) atoms. The lowest BCUT2D eigenvalue weighted by molar-refractivity contribution is 0.0606. The second-order valence-corrected chi connectivity index (χ2v) is 8.17. The number of aryl methyl sites for hydroxylation is 1. The Morgan fingerprint density at radius 1 is 1.28 bits per heavy atom. The highest BCUT2D eigenvalue weighted by atomic mass is 16.3. The minimum atomic E-state index is -0.718. The summed E-state index contributed by atoms with van der Waals surface area (Å²) in [7, 11) is 0. The van der Waals surface area contributed by atoms with Gasteiger partial charge in [-0.1, -0.05) is 49.1 Å². The molecule has 154 valence electrons. The first-order valence-corrected chi connectivity index (χ1v) is 10.4. The van der Waals surface area contributed by atoms with Crippen molar-refractivity contribution in [2.24, 2.45) is 0 Å². The number of benzene rings is 1. The fourth-order valence-electron chi connectivity index (χ4n) is 4.32. The number of aliphatic hydroxyl groups is 1. The van der Waals surface area contributed by atoms with Crippen LogP contribution in [0.3, 0.4) is 0 Å². The third-order valence-corrected chi connectivity index (χ3v) is 5.83. The Morgan fingerprint density at radius 2 is 2.07 bits per heavy atom. The van der Waals surface area contributed by atoms with Gasteiger partial charge in [0.2, 0.25) is 0 Å². The van der Waals surface area contributed by atoms with Crippen LogP contribution in [-0.2, 0) is 13.1 Å². The summed E-state index contributed by atoms with van der Waals surface area (Å²) in [6.45, 7) is 2.96. The number of rotatable bonds is 4. The molecule has 2 amide bonds. The van der Waals surface area contributed by atoms with E-state index in [1.165, 1.54) is 11.1 Å². The number of amides is 2. The average Bonchev–Trinajstić information content (AvgIpc) is 3.09. The van der Waals surface area contributed by atoms with E-state index in [1.807, 2.05) is 30.0 Å². The molecule has 1 atom stereocenters. The molecule has 1 saturated carbocycles.